The number of ether oxygens (including phenoxy) is 1. The Balaban J connectivity index is 0.986. The summed E-state index contributed by atoms with van der Waals surface area (Å²) >= 11 is 0. The zero-order chi connectivity index (χ0) is 32.1. The van der Waals surface area contributed by atoms with Crippen molar-refractivity contribution >= 4 is 53.9 Å². The fourth-order valence-corrected chi connectivity index (χ4v) is 8.20. The first-order chi connectivity index (χ1) is 24.2. The van der Waals surface area contributed by atoms with Gasteiger partial charge < -0.3 is 4.74 Å². The van der Waals surface area contributed by atoms with Crippen molar-refractivity contribution in [2.75, 3.05) is 0 Å². The zero-order valence-corrected chi connectivity index (χ0v) is 26.6. The molecular formula is C48H28O. The van der Waals surface area contributed by atoms with Crippen LogP contribution in [0.5, 0.6) is 11.5 Å². The van der Waals surface area contributed by atoms with Gasteiger partial charge in [0, 0.05) is 10.9 Å². The van der Waals surface area contributed by atoms with Gasteiger partial charge in [-0.05, 0) is 130 Å². The molecule has 0 N–H and O–H groups in total. The van der Waals surface area contributed by atoms with Crippen LogP contribution >= 0.6 is 0 Å². The Labute approximate surface area is 283 Å². The molecule has 0 bridgehead atoms. The maximum Gasteiger partial charge on any atom is 0.135 e. The van der Waals surface area contributed by atoms with Crippen molar-refractivity contribution in [1.82, 2.24) is 0 Å². The molecule has 0 amide bonds. The third-order valence-corrected chi connectivity index (χ3v) is 10.5. The highest BCUT2D eigenvalue weighted by Crippen LogP contribution is 2.48. The van der Waals surface area contributed by atoms with E-state index >= 15 is 0 Å². The van der Waals surface area contributed by atoms with Gasteiger partial charge in [-0.2, -0.15) is 0 Å². The molecule has 10 aromatic carbocycles. The smallest absolute Gasteiger partial charge is 0.135 e. The summed E-state index contributed by atoms with van der Waals surface area (Å²) in [6.45, 7) is 0. The Hall–Kier alpha value is -6.44. The molecule has 0 unspecified atom stereocenters. The van der Waals surface area contributed by atoms with Gasteiger partial charge in [0.15, 0.2) is 0 Å². The summed E-state index contributed by atoms with van der Waals surface area (Å²) < 4.78 is 6.35. The molecule has 11 rings (SSSR count). The largest absolute Gasteiger partial charge is 0.456 e. The van der Waals surface area contributed by atoms with Gasteiger partial charge in [-0.15, -0.1) is 0 Å². The van der Waals surface area contributed by atoms with Crippen molar-refractivity contribution in [2.45, 2.75) is 0 Å². The molecular weight excluding hydrogens is 593 g/mol. The topological polar surface area (TPSA) is 9.23 Å². The van der Waals surface area contributed by atoms with Crippen LogP contribution in [0.1, 0.15) is 0 Å². The molecule has 1 heterocycles. The number of benzene rings is 10. The van der Waals surface area contributed by atoms with E-state index in [-0.39, 0.29) is 0 Å². The Morgan fingerprint density at radius 2 is 0.878 bits per heavy atom. The van der Waals surface area contributed by atoms with E-state index in [0.29, 0.717) is 0 Å². The van der Waals surface area contributed by atoms with Crippen LogP contribution in [0.4, 0.5) is 0 Å². The molecule has 1 aliphatic rings. The van der Waals surface area contributed by atoms with E-state index in [9.17, 15) is 0 Å². The molecule has 1 nitrogen and oxygen atoms in total. The Bertz CT molecular complexity index is 2930. The number of rotatable bonds is 3. The Kier molecular flexibility index (Phi) is 5.45. The Morgan fingerprint density at radius 1 is 0.265 bits per heavy atom. The van der Waals surface area contributed by atoms with Crippen molar-refractivity contribution in [1.29, 1.82) is 0 Å². The van der Waals surface area contributed by atoms with E-state index < -0.39 is 0 Å². The predicted octanol–water partition coefficient (Wildman–Crippen LogP) is 13.7. The maximum absolute atomic E-state index is 6.35. The summed E-state index contributed by atoms with van der Waals surface area (Å²) in [6, 6.07) is 62.2. The lowest BCUT2D eigenvalue weighted by atomic mass is 9.88. The standard InChI is InChI=1S/C48H28O/c1-2-6-29(7-3-1)40-21-18-31-12-17-37-26-39(27-38-19-22-42(40)48(31)46(37)38)35-16-15-32-24-34(14-13-33(32)25-35)36-20-23-44-43(28-36)41-10-4-8-30-9-5-11-45(49-44)47(30)41/h1-28H. The van der Waals surface area contributed by atoms with Crippen LogP contribution in [-0.2, 0) is 0 Å². The molecule has 0 saturated carbocycles. The van der Waals surface area contributed by atoms with Crippen LogP contribution in [-0.4, -0.2) is 0 Å². The lowest BCUT2D eigenvalue weighted by molar-refractivity contribution is 0.487. The van der Waals surface area contributed by atoms with E-state index in [2.05, 4.69) is 170 Å². The second-order valence-electron chi connectivity index (χ2n) is 13.3. The second-order valence-corrected chi connectivity index (χ2v) is 13.3. The summed E-state index contributed by atoms with van der Waals surface area (Å²) in [5.41, 5.74) is 9.77. The number of fused-ring (bicyclic) bond motifs is 3. The molecule has 0 fully saturated rings. The van der Waals surface area contributed by atoms with E-state index in [0.717, 1.165) is 17.1 Å². The first kappa shape index (κ1) is 26.6. The van der Waals surface area contributed by atoms with Gasteiger partial charge in [0.25, 0.3) is 0 Å². The molecule has 10 aromatic rings. The SMILES string of the molecule is c1ccc(-c2ccc3ccc4cc(-c5ccc6cc(-c7ccc8c(c7)-c7cccc9cccc(c79)O8)ccc6c5)cc5ccc2c3c45)cc1. The normalized spacial score (nSPS) is 12.2. The minimum Gasteiger partial charge on any atom is -0.456 e. The molecule has 226 valence electrons. The van der Waals surface area contributed by atoms with Crippen LogP contribution in [0.3, 0.4) is 0 Å². The summed E-state index contributed by atoms with van der Waals surface area (Å²) in [4.78, 5) is 0. The lowest BCUT2D eigenvalue weighted by Crippen LogP contribution is -1.97. The molecule has 1 heteroatoms. The fourth-order valence-electron chi connectivity index (χ4n) is 8.20. The number of hydrogen-bond acceptors (Lipinski definition) is 1. The molecule has 0 spiro atoms. The van der Waals surface area contributed by atoms with E-state index in [1.54, 1.807) is 0 Å². The van der Waals surface area contributed by atoms with Crippen LogP contribution in [0.25, 0.3) is 98.4 Å². The average molecular weight is 621 g/mol. The average Bonchev–Trinajstić information content (AvgIpc) is 3.16. The van der Waals surface area contributed by atoms with Crippen molar-refractivity contribution < 1.29 is 4.74 Å². The number of hydrogen-bond donors (Lipinski definition) is 0. The van der Waals surface area contributed by atoms with Crippen LogP contribution in [0.2, 0.25) is 0 Å². The van der Waals surface area contributed by atoms with Gasteiger partial charge in [0.05, 0.1) is 0 Å². The minimum atomic E-state index is 0.908. The minimum absolute atomic E-state index is 0.908. The lowest BCUT2D eigenvalue weighted by Gasteiger charge is -2.22. The summed E-state index contributed by atoms with van der Waals surface area (Å²) in [5, 5.41) is 12.7. The quantitative estimate of drug-likeness (QED) is 0.179. The van der Waals surface area contributed by atoms with Crippen molar-refractivity contribution in [2.24, 2.45) is 0 Å². The first-order valence-corrected chi connectivity index (χ1v) is 16.9. The van der Waals surface area contributed by atoms with Crippen molar-refractivity contribution in [3.05, 3.63) is 170 Å². The monoisotopic (exact) mass is 620 g/mol. The van der Waals surface area contributed by atoms with E-state index in [1.807, 2.05) is 0 Å². The van der Waals surface area contributed by atoms with Crippen molar-refractivity contribution in [3.63, 3.8) is 0 Å². The van der Waals surface area contributed by atoms with Crippen molar-refractivity contribution in [3.8, 4) is 56.0 Å². The van der Waals surface area contributed by atoms with Gasteiger partial charge in [-0.1, -0.05) is 127 Å². The van der Waals surface area contributed by atoms with Gasteiger partial charge in [0.2, 0.25) is 0 Å². The molecule has 1 aliphatic heterocycles. The maximum atomic E-state index is 6.35. The summed E-state index contributed by atoms with van der Waals surface area (Å²) in [5.74, 6) is 1.84. The van der Waals surface area contributed by atoms with Gasteiger partial charge in [0.1, 0.15) is 11.5 Å². The van der Waals surface area contributed by atoms with Gasteiger partial charge in [-0.25, -0.2) is 0 Å². The van der Waals surface area contributed by atoms with Crippen LogP contribution < -0.4 is 4.74 Å². The molecule has 0 radical (unpaired) electrons. The third kappa shape index (κ3) is 4.00. The first-order valence-electron chi connectivity index (χ1n) is 16.9. The molecule has 0 atom stereocenters. The molecule has 0 aromatic heterocycles. The predicted molar refractivity (Wildman–Crippen MR) is 207 cm³/mol. The fraction of sp³-hybridized carbons (Fsp3) is 0. The highest BCUT2D eigenvalue weighted by molar-refractivity contribution is 6.26. The van der Waals surface area contributed by atoms with E-state index in [1.165, 1.54) is 92.8 Å². The zero-order valence-electron chi connectivity index (χ0n) is 26.6. The van der Waals surface area contributed by atoms with Crippen LogP contribution in [0, 0.1) is 0 Å². The van der Waals surface area contributed by atoms with Gasteiger partial charge >= 0.3 is 0 Å². The van der Waals surface area contributed by atoms with Gasteiger partial charge in [-0.3, -0.25) is 0 Å². The third-order valence-electron chi connectivity index (χ3n) is 10.5. The second kappa shape index (κ2) is 10.0. The highest BCUT2D eigenvalue weighted by atomic mass is 16.5. The summed E-state index contributed by atoms with van der Waals surface area (Å²) in [6.07, 6.45) is 0. The molecule has 49 heavy (non-hydrogen) atoms. The summed E-state index contributed by atoms with van der Waals surface area (Å²) in [7, 11) is 0. The van der Waals surface area contributed by atoms with Crippen LogP contribution in [0.15, 0.2) is 170 Å². The molecule has 0 saturated heterocycles. The Morgan fingerprint density at radius 3 is 1.69 bits per heavy atom. The molecule has 0 aliphatic carbocycles. The highest BCUT2D eigenvalue weighted by Gasteiger charge is 2.20. The van der Waals surface area contributed by atoms with E-state index in [4.69, 9.17) is 4.74 Å².